The highest BCUT2D eigenvalue weighted by molar-refractivity contribution is 6.36. The van der Waals surface area contributed by atoms with Gasteiger partial charge in [-0.05, 0) is 106 Å². The van der Waals surface area contributed by atoms with Gasteiger partial charge >= 0.3 is 24.7 Å². The molecule has 0 unspecified atom stereocenters. The van der Waals surface area contributed by atoms with E-state index in [1.807, 2.05) is 12.1 Å². The van der Waals surface area contributed by atoms with Crippen molar-refractivity contribution in [2.24, 2.45) is 0 Å². The summed E-state index contributed by atoms with van der Waals surface area (Å²) in [4.78, 5) is 29.7. The number of benzene rings is 7. The van der Waals surface area contributed by atoms with E-state index in [1.54, 1.807) is 36.4 Å². The SMILES string of the molecule is O=C1c2cccc(-n3c4cc(-c5cc(C(F)(F)F)cc(C(F)(F)F)c5)ccc4c4ccc(-c5cc(C(F)(F)F)cc(C(F)(F)F)c5)cc43)c2C(=O)N1c1cccc(-c2ccccc2)c1. The lowest BCUT2D eigenvalue weighted by molar-refractivity contribution is -0.144. The van der Waals surface area contributed by atoms with Crippen molar-refractivity contribution in [3.05, 3.63) is 179 Å². The van der Waals surface area contributed by atoms with Crippen molar-refractivity contribution in [3.8, 4) is 39.1 Å². The van der Waals surface area contributed by atoms with Crippen LogP contribution < -0.4 is 4.90 Å². The average Bonchev–Trinajstić information content (AvgIpc) is 3.71. The molecule has 0 radical (unpaired) electrons. The fourth-order valence-electron chi connectivity index (χ4n) is 8.02. The molecule has 16 heteroatoms. The molecular weight excluding hydrogens is 865 g/mol. The van der Waals surface area contributed by atoms with Crippen LogP contribution in [0.1, 0.15) is 43.0 Å². The summed E-state index contributed by atoms with van der Waals surface area (Å²) < 4.78 is 169. The van der Waals surface area contributed by atoms with E-state index in [2.05, 4.69) is 0 Å². The van der Waals surface area contributed by atoms with Crippen molar-refractivity contribution < 1.29 is 62.3 Å². The van der Waals surface area contributed by atoms with E-state index in [4.69, 9.17) is 0 Å². The van der Waals surface area contributed by atoms with E-state index < -0.39 is 69.9 Å². The molecule has 0 N–H and O–H groups in total. The fraction of sp³-hybridized carbons (Fsp3) is 0.0833. The number of rotatable bonds is 5. The Balaban J connectivity index is 1.30. The minimum atomic E-state index is -5.19. The first-order valence-corrected chi connectivity index (χ1v) is 18.9. The summed E-state index contributed by atoms with van der Waals surface area (Å²) in [6.45, 7) is 0. The van der Waals surface area contributed by atoms with Gasteiger partial charge in [0.15, 0.2) is 0 Å². The second kappa shape index (κ2) is 14.6. The maximum absolute atomic E-state index is 14.6. The highest BCUT2D eigenvalue weighted by Crippen LogP contribution is 2.44. The van der Waals surface area contributed by atoms with Crippen molar-refractivity contribution >= 4 is 39.3 Å². The Morgan fingerprint density at radius 3 is 1.27 bits per heavy atom. The quantitative estimate of drug-likeness (QED) is 0.128. The third-order valence-corrected chi connectivity index (χ3v) is 11.0. The maximum Gasteiger partial charge on any atom is 0.416 e. The highest BCUT2D eigenvalue weighted by atomic mass is 19.4. The summed E-state index contributed by atoms with van der Waals surface area (Å²) in [7, 11) is 0. The van der Waals surface area contributed by atoms with Crippen LogP contribution in [-0.2, 0) is 24.7 Å². The number of alkyl halides is 12. The summed E-state index contributed by atoms with van der Waals surface area (Å²) in [6.07, 6.45) is -20.8. The van der Waals surface area contributed by atoms with E-state index in [1.165, 1.54) is 65.2 Å². The van der Waals surface area contributed by atoms with E-state index >= 15 is 0 Å². The zero-order valence-corrected chi connectivity index (χ0v) is 32.1. The summed E-state index contributed by atoms with van der Waals surface area (Å²) in [5.74, 6) is -1.58. The Labute approximate surface area is 353 Å². The standard InChI is InChI=1S/C48H24F12N2O2/c49-45(50,51)31-16-29(17-32(23-31)46(52,53)54)27-12-14-36-37-15-13-28(30-18-33(47(55,56)57)24-34(19-30)48(58,59)60)22-41(37)62(40(36)21-27)39-11-5-10-38-42(39)44(64)61(43(38)63)35-9-4-8-26(20-35)25-6-2-1-3-7-25/h1-24H. The molecule has 0 saturated carbocycles. The highest BCUT2D eigenvalue weighted by Gasteiger charge is 2.41. The minimum absolute atomic E-state index is 0.0320. The molecule has 8 aromatic rings. The Hall–Kier alpha value is -7.36. The van der Waals surface area contributed by atoms with Gasteiger partial charge in [0, 0.05) is 10.8 Å². The third kappa shape index (κ3) is 7.31. The molecule has 0 bridgehead atoms. The van der Waals surface area contributed by atoms with Crippen LogP contribution in [-0.4, -0.2) is 16.4 Å². The molecule has 0 atom stereocenters. The minimum Gasteiger partial charge on any atom is -0.308 e. The predicted molar refractivity (Wildman–Crippen MR) is 215 cm³/mol. The molecule has 2 amide bonds. The van der Waals surface area contributed by atoms with Gasteiger partial charge in [-0.1, -0.05) is 72.8 Å². The lowest BCUT2D eigenvalue weighted by Crippen LogP contribution is -2.29. The zero-order chi connectivity index (χ0) is 45.7. The summed E-state index contributed by atoms with van der Waals surface area (Å²) in [5, 5.41) is 0.547. The van der Waals surface area contributed by atoms with Gasteiger partial charge in [-0.15, -0.1) is 0 Å². The molecule has 7 aromatic carbocycles. The topological polar surface area (TPSA) is 42.3 Å². The molecule has 0 aliphatic carbocycles. The summed E-state index contributed by atoms with van der Waals surface area (Å²) >= 11 is 0. The molecule has 1 aliphatic rings. The predicted octanol–water partition coefficient (Wildman–Crippen LogP) is 14.7. The van der Waals surface area contributed by atoms with Crippen molar-refractivity contribution in [2.75, 3.05) is 4.90 Å². The van der Waals surface area contributed by atoms with Crippen molar-refractivity contribution in [1.29, 1.82) is 0 Å². The van der Waals surface area contributed by atoms with Crippen molar-refractivity contribution in [2.45, 2.75) is 24.7 Å². The van der Waals surface area contributed by atoms with Gasteiger partial charge in [-0.3, -0.25) is 9.59 Å². The van der Waals surface area contributed by atoms with Gasteiger partial charge in [-0.25, -0.2) is 4.90 Å². The van der Waals surface area contributed by atoms with Gasteiger partial charge < -0.3 is 4.57 Å². The number of carbonyl (C=O) groups excluding carboxylic acids is 2. The molecule has 64 heavy (non-hydrogen) atoms. The van der Waals surface area contributed by atoms with Gasteiger partial charge in [0.1, 0.15) is 0 Å². The maximum atomic E-state index is 14.6. The van der Waals surface area contributed by atoms with E-state index in [9.17, 15) is 62.3 Å². The van der Waals surface area contributed by atoms with E-state index in [-0.39, 0.29) is 67.6 Å². The van der Waals surface area contributed by atoms with Crippen LogP contribution in [0, 0.1) is 0 Å². The number of nitrogens with zero attached hydrogens (tertiary/aromatic N) is 2. The lowest BCUT2D eigenvalue weighted by Gasteiger charge is -2.17. The number of hydrogen-bond acceptors (Lipinski definition) is 2. The number of aromatic nitrogens is 1. The third-order valence-electron chi connectivity index (χ3n) is 11.0. The number of hydrogen-bond donors (Lipinski definition) is 0. The van der Waals surface area contributed by atoms with Crippen LogP contribution >= 0.6 is 0 Å². The van der Waals surface area contributed by atoms with Crippen LogP contribution in [0.25, 0.3) is 60.9 Å². The van der Waals surface area contributed by atoms with Crippen LogP contribution in [0.3, 0.4) is 0 Å². The van der Waals surface area contributed by atoms with Crippen molar-refractivity contribution in [3.63, 3.8) is 0 Å². The molecule has 0 fully saturated rings. The van der Waals surface area contributed by atoms with Crippen LogP contribution in [0.5, 0.6) is 0 Å². The zero-order valence-electron chi connectivity index (χ0n) is 32.1. The van der Waals surface area contributed by atoms with Crippen LogP contribution in [0.4, 0.5) is 58.4 Å². The summed E-state index contributed by atoms with van der Waals surface area (Å²) in [5.41, 5.74) is -6.31. The molecule has 2 heterocycles. The normalized spacial score (nSPS) is 13.7. The number of anilines is 1. The Bertz CT molecular complexity index is 3020. The Morgan fingerprint density at radius 1 is 0.359 bits per heavy atom. The largest absolute Gasteiger partial charge is 0.416 e. The Morgan fingerprint density at radius 2 is 0.797 bits per heavy atom. The van der Waals surface area contributed by atoms with Gasteiger partial charge in [0.25, 0.3) is 11.8 Å². The molecule has 1 aliphatic heterocycles. The Kier molecular flexibility index (Phi) is 9.58. The van der Waals surface area contributed by atoms with E-state index in [0.29, 0.717) is 29.8 Å². The first-order valence-electron chi connectivity index (χ1n) is 18.9. The monoisotopic (exact) mass is 888 g/mol. The molecule has 4 nitrogen and oxygen atoms in total. The number of halogens is 12. The van der Waals surface area contributed by atoms with Gasteiger partial charge in [-0.2, -0.15) is 52.7 Å². The number of imide groups is 1. The van der Waals surface area contributed by atoms with Crippen LogP contribution in [0.2, 0.25) is 0 Å². The molecule has 0 saturated heterocycles. The average molecular weight is 889 g/mol. The van der Waals surface area contributed by atoms with Crippen molar-refractivity contribution in [1.82, 2.24) is 4.57 Å². The first kappa shape index (κ1) is 42.0. The molecule has 1 aromatic heterocycles. The number of amides is 2. The van der Waals surface area contributed by atoms with Crippen LogP contribution in [0.15, 0.2) is 146 Å². The number of fused-ring (bicyclic) bond motifs is 4. The molecular formula is C48H24F12N2O2. The van der Waals surface area contributed by atoms with Gasteiger partial charge in [0.2, 0.25) is 0 Å². The van der Waals surface area contributed by atoms with Gasteiger partial charge in [0.05, 0.1) is 55.8 Å². The summed E-state index contributed by atoms with van der Waals surface area (Å²) in [6, 6.07) is 29.6. The fourth-order valence-corrected chi connectivity index (χ4v) is 8.02. The second-order valence-electron chi connectivity index (χ2n) is 15.0. The first-order chi connectivity index (χ1) is 30.1. The molecule has 0 spiro atoms. The molecule has 322 valence electrons. The smallest absolute Gasteiger partial charge is 0.308 e. The van der Waals surface area contributed by atoms with E-state index in [0.717, 1.165) is 10.5 Å². The molecule has 9 rings (SSSR count). The second-order valence-corrected chi connectivity index (χ2v) is 15.0. The lowest BCUT2D eigenvalue weighted by atomic mass is 9.97. The number of carbonyl (C=O) groups is 2.